The molecular weight excluding hydrogens is 409 g/mol. The number of phosphoric ester groups is 1. The first-order chi connectivity index (χ1) is 14.1. The Hall–Kier alpha value is -1.23. The number of hydrogen-bond acceptors (Lipinski definition) is 2. The van der Waals surface area contributed by atoms with Crippen molar-refractivity contribution in [3.8, 4) is 0 Å². The standard InChI is InChI=1S/C25H42NO4P/c1-20(14-16-23(19-26(6,7)8)30-31(27,28)29)11-9-12-21(2)15-17-24-22(3)13-10-18-25(24,4)5/h9,11-12,14-15,17,23H,10,13,16,18-19H2,1-8H3,(H-,27,28,29)/p+1. The third kappa shape index (κ3) is 11.8. The van der Waals surface area contributed by atoms with E-state index in [0.29, 0.717) is 17.4 Å². The van der Waals surface area contributed by atoms with Crippen molar-refractivity contribution < 1.29 is 23.4 Å². The highest BCUT2D eigenvalue weighted by atomic mass is 31.2. The maximum absolute atomic E-state index is 11.3. The average molecular weight is 453 g/mol. The highest BCUT2D eigenvalue weighted by Crippen LogP contribution is 2.41. The van der Waals surface area contributed by atoms with Gasteiger partial charge in [0.05, 0.1) is 21.1 Å². The summed E-state index contributed by atoms with van der Waals surface area (Å²) >= 11 is 0. The summed E-state index contributed by atoms with van der Waals surface area (Å²) in [6, 6.07) is 0. The number of rotatable bonds is 10. The number of phosphoric acid groups is 1. The Bertz CT molecular complexity index is 804. The van der Waals surface area contributed by atoms with E-state index in [1.54, 1.807) is 0 Å². The van der Waals surface area contributed by atoms with Crippen LogP contribution in [-0.4, -0.2) is 48.1 Å². The van der Waals surface area contributed by atoms with Gasteiger partial charge < -0.3 is 14.3 Å². The molecule has 0 saturated heterocycles. The van der Waals surface area contributed by atoms with Crippen molar-refractivity contribution in [1.82, 2.24) is 0 Å². The second-order valence-corrected chi connectivity index (χ2v) is 11.6. The molecular formula is C25H43NO4P+. The molecule has 0 aromatic rings. The minimum absolute atomic E-state index is 0.242. The molecule has 0 aromatic carbocycles. The molecule has 0 aliphatic heterocycles. The molecule has 0 amide bonds. The molecule has 1 aliphatic rings. The summed E-state index contributed by atoms with van der Waals surface area (Å²) < 4.78 is 16.8. The van der Waals surface area contributed by atoms with Gasteiger partial charge in [0.1, 0.15) is 12.6 Å². The number of quaternary nitrogens is 1. The molecule has 6 heteroatoms. The first-order valence-electron chi connectivity index (χ1n) is 11.0. The monoisotopic (exact) mass is 452 g/mol. The molecule has 0 saturated carbocycles. The normalized spacial score (nSPS) is 20.2. The summed E-state index contributed by atoms with van der Waals surface area (Å²) in [6.07, 6.45) is 16.1. The van der Waals surface area contributed by atoms with Crippen LogP contribution in [0.15, 0.2) is 58.7 Å². The van der Waals surface area contributed by atoms with Gasteiger partial charge in [0.2, 0.25) is 0 Å². The van der Waals surface area contributed by atoms with Gasteiger partial charge in [-0.1, -0.05) is 67.0 Å². The Kier molecular flexibility index (Phi) is 10.4. The minimum atomic E-state index is -4.51. The van der Waals surface area contributed by atoms with E-state index in [9.17, 15) is 14.4 Å². The number of nitrogens with zero attached hydrogens (tertiary/aromatic N) is 1. The van der Waals surface area contributed by atoms with Crippen molar-refractivity contribution in [2.24, 2.45) is 5.41 Å². The van der Waals surface area contributed by atoms with E-state index in [4.69, 9.17) is 4.52 Å². The Morgan fingerprint density at radius 2 is 1.84 bits per heavy atom. The molecule has 1 unspecified atom stereocenters. The number of allylic oxidation sites excluding steroid dienone is 9. The molecule has 31 heavy (non-hydrogen) atoms. The molecule has 0 bridgehead atoms. The van der Waals surface area contributed by atoms with Gasteiger partial charge in [0, 0.05) is 0 Å². The molecule has 5 nitrogen and oxygen atoms in total. The Morgan fingerprint density at radius 3 is 2.39 bits per heavy atom. The zero-order valence-corrected chi connectivity index (χ0v) is 21.6. The first-order valence-corrected chi connectivity index (χ1v) is 12.6. The molecule has 0 radical (unpaired) electrons. The van der Waals surface area contributed by atoms with Gasteiger partial charge in [0.15, 0.2) is 0 Å². The third-order valence-electron chi connectivity index (χ3n) is 5.51. The third-order valence-corrected chi connectivity index (χ3v) is 6.09. The molecule has 176 valence electrons. The fourth-order valence-corrected chi connectivity index (χ4v) is 4.51. The van der Waals surface area contributed by atoms with Crippen LogP contribution in [0.5, 0.6) is 0 Å². The van der Waals surface area contributed by atoms with Gasteiger partial charge in [-0.15, -0.1) is 0 Å². The lowest BCUT2D eigenvalue weighted by Gasteiger charge is -2.32. The molecule has 1 atom stereocenters. The van der Waals surface area contributed by atoms with Crippen molar-refractivity contribution >= 4 is 7.82 Å². The van der Waals surface area contributed by atoms with Crippen LogP contribution in [0.4, 0.5) is 0 Å². The fourth-order valence-electron chi connectivity index (χ4n) is 3.97. The smallest absolute Gasteiger partial charge is 0.329 e. The summed E-state index contributed by atoms with van der Waals surface area (Å²) in [5, 5.41) is 0. The number of hydrogen-bond donors (Lipinski definition) is 2. The lowest BCUT2D eigenvalue weighted by Crippen LogP contribution is -2.42. The summed E-state index contributed by atoms with van der Waals surface area (Å²) in [4.78, 5) is 18.4. The molecule has 2 N–H and O–H groups in total. The van der Waals surface area contributed by atoms with E-state index < -0.39 is 13.9 Å². The Morgan fingerprint density at radius 1 is 1.19 bits per heavy atom. The van der Waals surface area contributed by atoms with Crippen LogP contribution in [0.3, 0.4) is 0 Å². The van der Waals surface area contributed by atoms with Gasteiger partial charge in [0.25, 0.3) is 0 Å². The lowest BCUT2D eigenvalue weighted by molar-refractivity contribution is -0.873. The summed E-state index contributed by atoms with van der Waals surface area (Å²) in [5.41, 5.74) is 5.40. The molecule has 1 aliphatic carbocycles. The van der Waals surface area contributed by atoms with E-state index in [1.165, 1.54) is 36.0 Å². The lowest BCUT2D eigenvalue weighted by atomic mass is 9.72. The predicted molar refractivity (Wildman–Crippen MR) is 131 cm³/mol. The quantitative estimate of drug-likeness (QED) is 0.239. The van der Waals surface area contributed by atoms with Crippen molar-refractivity contribution in [3.05, 3.63) is 58.7 Å². The van der Waals surface area contributed by atoms with Gasteiger partial charge in [-0.3, -0.25) is 4.52 Å². The van der Waals surface area contributed by atoms with E-state index >= 15 is 0 Å². The van der Waals surface area contributed by atoms with Crippen molar-refractivity contribution in [2.45, 2.75) is 66.4 Å². The maximum Gasteiger partial charge on any atom is 0.470 e. The topological polar surface area (TPSA) is 66.8 Å². The van der Waals surface area contributed by atoms with Gasteiger partial charge in [-0.2, -0.15) is 0 Å². The van der Waals surface area contributed by atoms with Crippen molar-refractivity contribution in [2.75, 3.05) is 27.7 Å². The first kappa shape index (κ1) is 27.8. The van der Waals surface area contributed by atoms with Crippen LogP contribution in [0.25, 0.3) is 0 Å². The maximum atomic E-state index is 11.3. The molecule has 0 spiro atoms. The van der Waals surface area contributed by atoms with Gasteiger partial charge in [-0.25, -0.2) is 4.57 Å². The van der Waals surface area contributed by atoms with Crippen molar-refractivity contribution in [1.29, 1.82) is 0 Å². The molecule has 1 rings (SSSR count). The van der Waals surface area contributed by atoms with Crippen LogP contribution < -0.4 is 0 Å². The zero-order chi connectivity index (χ0) is 23.9. The van der Waals surface area contributed by atoms with Crippen LogP contribution in [0.2, 0.25) is 0 Å². The Balaban J connectivity index is 2.77. The summed E-state index contributed by atoms with van der Waals surface area (Å²) in [6.45, 7) is 11.5. The molecule has 0 fully saturated rings. The predicted octanol–water partition coefficient (Wildman–Crippen LogP) is 6.09. The SMILES string of the molecule is CC(C=CC1=C(C)CCCC1(C)C)=CC=CC(C)=CCC(C[N+](C)(C)C)OP(=O)(O)O. The van der Waals surface area contributed by atoms with E-state index in [-0.39, 0.29) is 5.41 Å². The zero-order valence-electron chi connectivity index (χ0n) is 20.7. The molecule has 0 heterocycles. The van der Waals surface area contributed by atoms with Crippen LogP contribution in [0.1, 0.15) is 60.3 Å². The van der Waals surface area contributed by atoms with Crippen molar-refractivity contribution in [3.63, 3.8) is 0 Å². The van der Waals surface area contributed by atoms with Crippen LogP contribution in [-0.2, 0) is 9.09 Å². The largest absolute Gasteiger partial charge is 0.470 e. The Labute approximate surface area is 189 Å². The van der Waals surface area contributed by atoms with Crippen LogP contribution in [0, 0.1) is 5.41 Å². The van der Waals surface area contributed by atoms with E-state index in [0.717, 1.165) is 5.57 Å². The van der Waals surface area contributed by atoms with Gasteiger partial charge in [-0.05, 0) is 57.4 Å². The second-order valence-electron chi connectivity index (χ2n) is 10.4. The number of likely N-dealkylation sites (N-methyl/N-ethyl adjacent to an activating group) is 1. The summed E-state index contributed by atoms with van der Waals surface area (Å²) in [7, 11) is 1.40. The average Bonchev–Trinajstić information content (AvgIpc) is 2.56. The van der Waals surface area contributed by atoms with Gasteiger partial charge >= 0.3 is 7.82 Å². The highest BCUT2D eigenvalue weighted by molar-refractivity contribution is 7.46. The van der Waals surface area contributed by atoms with E-state index in [2.05, 4.69) is 45.9 Å². The van der Waals surface area contributed by atoms with Crippen LogP contribution >= 0.6 is 7.82 Å². The summed E-state index contributed by atoms with van der Waals surface area (Å²) in [5.74, 6) is 0. The highest BCUT2D eigenvalue weighted by Gasteiger charge is 2.27. The molecule has 0 aromatic heterocycles. The fraction of sp³-hybridized carbons (Fsp3) is 0.600. The second kappa shape index (κ2) is 11.6. The van der Waals surface area contributed by atoms with E-state index in [1.807, 2.05) is 46.3 Å². The minimum Gasteiger partial charge on any atom is -0.329 e.